The van der Waals surface area contributed by atoms with Gasteiger partial charge in [0.2, 0.25) is 0 Å². The van der Waals surface area contributed by atoms with Crippen LogP contribution in [0, 0.1) is 0 Å². The van der Waals surface area contributed by atoms with Gasteiger partial charge in [-0.05, 0) is 24.3 Å². The number of nitrogens with one attached hydrogen (secondary N) is 1. The summed E-state index contributed by atoms with van der Waals surface area (Å²) in [4.78, 5) is 11.7. The molecule has 0 saturated heterocycles. The van der Waals surface area contributed by atoms with E-state index in [-0.39, 0.29) is 0 Å². The molecule has 1 N–H and O–H groups in total. The van der Waals surface area contributed by atoms with Crippen LogP contribution in [-0.2, 0) is 0 Å². The first kappa shape index (κ1) is 10.6. The van der Waals surface area contributed by atoms with Crippen LogP contribution in [0.1, 0.15) is 0 Å². The van der Waals surface area contributed by atoms with Crippen molar-refractivity contribution < 1.29 is 0 Å². The zero-order valence-electron chi connectivity index (χ0n) is 8.61. The van der Waals surface area contributed by atoms with E-state index in [1.807, 2.05) is 30.3 Å². The first-order chi connectivity index (χ1) is 8.22. The molecule has 0 saturated carbocycles. The van der Waals surface area contributed by atoms with E-state index < -0.39 is 0 Å². The molecule has 0 amide bonds. The number of aromatic nitrogens is 3. The monoisotopic (exact) mass is 263 g/mol. The Morgan fingerprint density at radius 3 is 2.71 bits per heavy atom. The van der Waals surface area contributed by atoms with Crippen molar-refractivity contribution in [3.63, 3.8) is 0 Å². The smallest absolute Gasteiger partial charge is 0.179 e. The number of pyridine rings is 1. The summed E-state index contributed by atoms with van der Waals surface area (Å²) >= 11 is 11.8. The van der Waals surface area contributed by atoms with Crippen molar-refractivity contribution in [2.45, 2.75) is 0 Å². The molecular formula is C12H7Cl2N3. The summed E-state index contributed by atoms with van der Waals surface area (Å²) in [7, 11) is 0. The molecule has 0 bridgehead atoms. The molecule has 17 heavy (non-hydrogen) atoms. The fraction of sp³-hybridized carbons (Fsp3) is 0. The third kappa shape index (κ3) is 1.99. The van der Waals surface area contributed by atoms with Crippen molar-refractivity contribution in [1.29, 1.82) is 0 Å². The van der Waals surface area contributed by atoms with Gasteiger partial charge in [0.1, 0.15) is 11.0 Å². The van der Waals surface area contributed by atoms with Gasteiger partial charge in [-0.25, -0.2) is 9.97 Å². The number of hydrogen-bond donors (Lipinski definition) is 1. The highest BCUT2D eigenvalue weighted by molar-refractivity contribution is 6.30. The first-order valence-corrected chi connectivity index (χ1v) is 5.76. The minimum absolute atomic E-state index is 0.432. The van der Waals surface area contributed by atoms with Gasteiger partial charge in [0.05, 0.1) is 5.52 Å². The van der Waals surface area contributed by atoms with Gasteiger partial charge in [0.15, 0.2) is 5.65 Å². The zero-order valence-corrected chi connectivity index (χ0v) is 10.1. The third-order valence-electron chi connectivity index (χ3n) is 2.41. The van der Waals surface area contributed by atoms with Gasteiger partial charge in [-0.3, -0.25) is 0 Å². The van der Waals surface area contributed by atoms with Crippen LogP contribution < -0.4 is 0 Å². The SMILES string of the molecule is Clc1cccc(-c2nc3nc(Cl)ccc3[nH]2)c1. The van der Waals surface area contributed by atoms with E-state index in [0.29, 0.717) is 15.8 Å². The van der Waals surface area contributed by atoms with Crippen molar-refractivity contribution >= 4 is 34.4 Å². The molecule has 3 aromatic rings. The van der Waals surface area contributed by atoms with Crippen molar-refractivity contribution in [3.8, 4) is 11.4 Å². The second-order valence-corrected chi connectivity index (χ2v) is 4.42. The van der Waals surface area contributed by atoms with Crippen LogP contribution in [-0.4, -0.2) is 15.0 Å². The lowest BCUT2D eigenvalue weighted by Crippen LogP contribution is -1.79. The number of imidazole rings is 1. The number of fused-ring (bicyclic) bond motifs is 1. The molecule has 2 aromatic heterocycles. The predicted octanol–water partition coefficient (Wildman–Crippen LogP) is 3.93. The van der Waals surface area contributed by atoms with Crippen LogP contribution in [0.4, 0.5) is 0 Å². The molecule has 5 heteroatoms. The second kappa shape index (κ2) is 4.02. The van der Waals surface area contributed by atoms with Crippen molar-refractivity contribution in [1.82, 2.24) is 15.0 Å². The lowest BCUT2D eigenvalue weighted by atomic mass is 10.2. The first-order valence-electron chi connectivity index (χ1n) is 5.00. The van der Waals surface area contributed by atoms with E-state index in [1.54, 1.807) is 6.07 Å². The summed E-state index contributed by atoms with van der Waals surface area (Å²) in [6.45, 7) is 0. The van der Waals surface area contributed by atoms with Gasteiger partial charge in [-0.1, -0.05) is 35.3 Å². The van der Waals surface area contributed by atoms with Crippen molar-refractivity contribution in [3.05, 3.63) is 46.6 Å². The Bertz CT molecular complexity index is 691. The number of halogens is 2. The molecule has 0 fully saturated rings. The van der Waals surface area contributed by atoms with Crippen LogP contribution in [0.3, 0.4) is 0 Å². The van der Waals surface area contributed by atoms with Gasteiger partial charge in [0, 0.05) is 10.6 Å². The average molecular weight is 264 g/mol. The highest BCUT2D eigenvalue weighted by atomic mass is 35.5. The quantitative estimate of drug-likeness (QED) is 0.676. The fourth-order valence-corrected chi connectivity index (χ4v) is 1.98. The summed E-state index contributed by atoms with van der Waals surface area (Å²) in [6, 6.07) is 11.1. The molecule has 0 radical (unpaired) electrons. The molecule has 0 aliphatic rings. The number of hydrogen-bond acceptors (Lipinski definition) is 2. The summed E-state index contributed by atoms with van der Waals surface area (Å²) in [5, 5.41) is 1.11. The van der Waals surface area contributed by atoms with E-state index in [2.05, 4.69) is 15.0 Å². The van der Waals surface area contributed by atoms with E-state index >= 15 is 0 Å². The minimum atomic E-state index is 0.432. The van der Waals surface area contributed by atoms with Crippen LogP contribution in [0.15, 0.2) is 36.4 Å². The summed E-state index contributed by atoms with van der Waals surface area (Å²) in [6.07, 6.45) is 0. The minimum Gasteiger partial charge on any atom is -0.337 e. The predicted molar refractivity (Wildman–Crippen MR) is 69.3 cm³/mol. The van der Waals surface area contributed by atoms with E-state index in [1.165, 1.54) is 0 Å². The Labute approximate surface area is 107 Å². The Hall–Kier alpha value is -1.58. The van der Waals surface area contributed by atoms with Crippen molar-refractivity contribution in [2.75, 3.05) is 0 Å². The summed E-state index contributed by atoms with van der Waals surface area (Å²) in [5.74, 6) is 0.734. The van der Waals surface area contributed by atoms with E-state index in [4.69, 9.17) is 23.2 Å². The second-order valence-electron chi connectivity index (χ2n) is 3.60. The molecule has 2 heterocycles. The molecule has 0 spiro atoms. The highest BCUT2D eigenvalue weighted by Crippen LogP contribution is 2.22. The van der Waals surface area contributed by atoms with Crippen LogP contribution in [0.25, 0.3) is 22.6 Å². The van der Waals surface area contributed by atoms with Crippen LogP contribution in [0.2, 0.25) is 10.2 Å². The van der Waals surface area contributed by atoms with Gasteiger partial charge < -0.3 is 4.98 Å². The molecule has 0 aliphatic heterocycles. The summed E-state index contributed by atoms with van der Waals surface area (Å²) < 4.78 is 0. The number of nitrogens with zero attached hydrogens (tertiary/aromatic N) is 2. The molecule has 1 aromatic carbocycles. The van der Waals surface area contributed by atoms with Gasteiger partial charge in [-0.15, -0.1) is 0 Å². The maximum Gasteiger partial charge on any atom is 0.179 e. The highest BCUT2D eigenvalue weighted by Gasteiger charge is 2.06. The Kier molecular flexibility index (Phi) is 2.50. The molecular weight excluding hydrogens is 257 g/mol. The largest absolute Gasteiger partial charge is 0.337 e. The standard InChI is InChI=1S/C12H7Cl2N3/c13-8-3-1-2-7(6-8)11-15-9-4-5-10(14)16-12(9)17-11/h1-6H,(H,15,16,17). The topological polar surface area (TPSA) is 41.6 Å². The fourth-order valence-electron chi connectivity index (χ4n) is 1.64. The van der Waals surface area contributed by atoms with E-state index in [9.17, 15) is 0 Å². The van der Waals surface area contributed by atoms with Crippen molar-refractivity contribution in [2.24, 2.45) is 0 Å². The molecule has 0 atom stereocenters. The van der Waals surface area contributed by atoms with Gasteiger partial charge in [-0.2, -0.15) is 0 Å². The van der Waals surface area contributed by atoms with Crippen LogP contribution >= 0.6 is 23.2 Å². The number of rotatable bonds is 1. The molecule has 0 unspecified atom stereocenters. The Morgan fingerprint density at radius 1 is 1.00 bits per heavy atom. The van der Waals surface area contributed by atoms with Gasteiger partial charge >= 0.3 is 0 Å². The Balaban J connectivity index is 2.18. The maximum absolute atomic E-state index is 5.94. The van der Waals surface area contributed by atoms with E-state index in [0.717, 1.165) is 16.9 Å². The van der Waals surface area contributed by atoms with Crippen LogP contribution in [0.5, 0.6) is 0 Å². The molecule has 3 rings (SSSR count). The molecule has 3 nitrogen and oxygen atoms in total. The molecule has 0 aliphatic carbocycles. The summed E-state index contributed by atoms with van der Waals surface area (Å²) in [5.41, 5.74) is 2.38. The number of benzene rings is 1. The Morgan fingerprint density at radius 2 is 1.88 bits per heavy atom. The normalized spacial score (nSPS) is 10.9. The number of aromatic amines is 1. The van der Waals surface area contributed by atoms with Gasteiger partial charge in [0.25, 0.3) is 0 Å². The molecule has 84 valence electrons. The third-order valence-corrected chi connectivity index (χ3v) is 2.86. The lowest BCUT2D eigenvalue weighted by Gasteiger charge is -1.95. The average Bonchev–Trinajstić information content (AvgIpc) is 2.72. The number of H-pyrrole nitrogens is 1. The lowest BCUT2D eigenvalue weighted by molar-refractivity contribution is 1.30. The maximum atomic E-state index is 5.94. The zero-order chi connectivity index (χ0) is 11.8.